The van der Waals surface area contributed by atoms with Crippen molar-refractivity contribution in [2.24, 2.45) is 0 Å². The lowest BCUT2D eigenvalue weighted by Crippen LogP contribution is -2.32. The molecular weight excluding hydrogens is 212 g/mol. The summed E-state index contributed by atoms with van der Waals surface area (Å²) >= 11 is 0. The number of hydrogen-bond acceptors (Lipinski definition) is 4. The van der Waals surface area contributed by atoms with E-state index in [0.717, 1.165) is 0 Å². The number of likely N-dealkylation sites (N-methyl/N-ethyl adjacent to an activating group) is 2. The lowest BCUT2D eigenvalue weighted by Gasteiger charge is -2.15. The van der Waals surface area contributed by atoms with Gasteiger partial charge in [-0.25, -0.2) is 0 Å². The first-order chi connectivity index (χ1) is 7.56. The molecule has 1 rings (SSSR count). The number of nitrogens with zero attached hydrogens (tertiary/aromatic N) is 2. The van der Waals surface area contributed by atoms with Crippen molar-refractivity contribution in [1.82, 2.24) is 15.2 Å². The molecule has 0 spiro atoms. The maximum absolute atomic E-state index is 11.7. The molecule has 7 nitrogen and oxygen atoms in total. The van der Waals surface area contributed by atoms with Gasteiger partial charge in [0.1, 0.15) is 5.69 Å². The van der Waals surface area contributed by atoms with Crippen LogP contribution in [0.3, 0.4) is 0 Å². The van der Waals surface area contributed by atoms with E-state index in [1.165, 1.54) is 17.2 Å². The molecule has 0 aliphatic rings. The Bertz CT molecular complexity index is 388. The van der Waals surface area contributed by atoms with Gasteiger partial charge in [0, 0.05) is 26.2 Å². The fraction of sp³-hybridized carbons (Fsp3) is 0.444. The molecule has 2 N–H and O–H groups in total. The highest BCUT2D eigenvalue weighted by atomic mass is 16.6. The molecule has 1 aromatic heterocycles. The molecule has 0 radical (unpaired) electrons. The predicted molar refractivity (Wildman–Crippen MR) is 58.3 cm³/mol. The van der Waals surface area contributed by atoms with Crippen LogP contribution in [0.15, 0.2) is 12.3 Å². The molecule has 1 heterocycles. The number of hydrogen-bond donors (Lipinski definition) is 2. The zero-order valence-electron chi connectivity index (χ0n) is 9.19. The number of H-pyrrole nitrogens is 1. The summed E-state index contributed by atoms with van der Waals surface area (Å²) in [5.41, 5.74) is 0.121. The lowest BCUT2D eigenvalue weighted by atomic mass is 10.3. The van der Waals surface area contributed by atoms with Gasteiger partial charge >= 0.3 is 0 Å². The molecule has 0 atom stereocenters. The maximum atomic E-state index is 11.7. The second-order valence-electron chi connectivity index (χ2n) is 3.36. The van der Waals surface area contributed by atoms with E-state index in [4.69, 9.17) is 0 Å². The van der Waals surface area contributed by atoms with Crippen LogP contribution in [0.25, 0.3) is 0 Å². The first-order valence-electron chi connectivity index (χ1n) is 4.79. The maximum Gasteiger partial charge on any atom is 0.287 e. The van der Waals surface area contributed by atoms with Crippen LogP contribution in [0.2, 0.25) is 0 Å². The van der Waals surface area contributed by atoms with Crippen molar-refractivity contribution in [2.45, 2.75) is 0 Å². The molecule has 7 heteroatoms. The van der Waals surface area contributed by atoms with E-state index in [0.29, 0.717) is 13.1 Å². The second-order valence-corrected chi connectivity index (χ2v) is 3.36. The summed E-state index contributed by atoms with van der Waals surface area (Å²) in [6.07, 6.45) is 1.21. The second kappa shape index (κ2) is 5.26. The van der Waals surface area contributed by atoms with Gasteiger partial charge in [-0.05, 0) is 7.05 Å². The standard InChI is InChI=1S/C9H14N4O3/c1-10-3-4-12(2)9(14)8-5-7(6-11-8)13(15)16/h5-6,10-11H,3-4H2,1-2H3. The van der Waals surface area contributed by atoms with E-state index in [1.54, 1.807) is 14.1 Å². The fourth-order valence-electron chi connectivity index (χ4n) is 1.20. The van der Waals surface area contributed by atoms with Gasteiger partial charge in [-0.2, -0.15) is 0 Å². The monoisotopic (exact) mass is 226 g/mol. The Balaban J connectivity index is 2.68. The minimum atomic E-state index is -0.541. The van der Waals surface area contributed by atoms with E-state index in [-0.39, 0.29) is 17.3 Å². The smallest absolute Gasteiger partial charge is 0.287 e. The van der Waals surface area contributed by atoms with Gasteiger partial charge < -0.3 is 15.2 Å². The van der Waals surface area contributed by atoms with Gasteiger partial charge in [0.15, 0.2) is 0 Å². The molecular formula is C9H14N4O3. The minimum Gasteiger partial charge on any atom is -0.351 e. The summed E-state index contributed by atoms with van der Waals surface area (Å²) in [7, 11) is 3.43. The zero-order chi connectivity index (χ0) is 12.1. The number of aromatic nitrogens is 1. The number of carbonyl (C=O) groups excluding carboxylic acids is 1. The average Bonchev–Trinajstić information content (AvgIpc) is 2.74. The van der Waals surface area contributed by atoms with Crippen LogP contribution >= 0.6 is 0 Å². The van der Waals surface area contributed by atoms with Crippen molar-refractivity contribution in [3.8, 4) is 0 Å². The van der Waals surface area contributed by atoms with Gasteiger partial charge in [-0.3, -0.25) is 14.9 Å². The van der Waals surface area contributed by atoms with E-state index in [2.05, 4.69) is 10.3 Å². The Morgan fingerprint density at radius 2 is 2.38 bits per heavy atom. The van der Waals surface area contributed by atoms with Gasteiger partial charge in [0.2, 0.25) is 0 Å². The molecule has 16 heavy (non-hydrogen) atoms. The molecule has 0 fully saturated rings. The largest absolute Gasteiger partial charge is 0.351 e. The quantitative estimate of drug-likeness (QED) is 0.554. The zero-order valence-corrected chi connectivity index (χ0v) is 9.19. The lowest BCUT2D eigenvalue weighted by molar-refractivity contribution is -0.384. The number of rotatable bonds is 5. The summed E-state index contributed by atoms with van der Waals surface area (Å²) < 4.78 is 0. The van der Waals surface area contributed by atoms with Crippen molar-refractivity contribution in [3.63, 3.8) is 0 Å². The number of nitrogens with one attached hydrogen (secondary N) is 2. The molecule has 1 aromatic rings. The highest BCUT2D eigenvalue weighted by Crippen LogP contribution is 2.13. The van der Waals surface area contributed by atoms with Crippen LogP contribution in [0.4, 0.5) is 5.69 Å². The molecule has 0 aromatic carbocycles. The molecule has 0 saturated heterocycles. The van der Waals surface area contributed by atoms with Crippen molar-refractivity contribution in [3.05, 3.63) is 28.1 Å². The van der Waals surface area contributed by atoms with Crippen molar-refractivity contribution >= 4 is 11.6 Å². The number of amides is 1. The summed E-state index contributed by atoms with van der Waals surface area (Å²) in [6.45, 7) is 1.22. The first kappa shape index (κ1) is 12.2. The van der Waals surface area contributed by atoms with Crippen LogP contribution in [-0.2, 0) is 0 Å². The SMILES string of the molecule is CNCCN(C)C(=O)c1cc([N+](=O)[O-])c[nH]1. The molecule has 0 unspecified atom stereocenters. The first-order valence-corrected chi connectivity index (χ1v) is 4.79. The third-order valence-corrected chi connectivity index (χ3v) is 2.15. The van der Waals surface area contributed by atoms with Gasteiger partial charge in [-0.15, -0.1) is 0 Å². The van der Waals surface area contributed by atoms with Gasteiger partial charge in [0.05, 0.1) is 11.1 Å². The molecule has 0 bridgehead atoms. The van der Waals surface area contributed by atoms with Crippen molar-refractivity contribution in [2.75, 3.05) is 27.2 Å². The predicted octanol–water partition coefficient (Wildman–Crippen LogP) is 0.214. The minimum absolute atomic E-state index is 0.106. The number of nitro groups is 1. The highest BCUT2D eigenvalue weighted by molar-refractivity contribution is 5.93. The Labute approximate surface area is 92.6 Å². The van der Waals surface area contributed by atoms with E-state index in [1.807, 2.05) is 0 Å². The Morgan fingerprint density at radius 1 is 1.69 bits per heavy atom. The van der Waals surface area contributed by atoms with Crippen LogP contribution in [0.1, 0.15) is 10.5 Å². The topological polar surface area (TPSA) is 91.3 Å². The molecule has 1 amide bonds. The van der Waals surface area contributed by atoms with Crippen LogP contribution < -0.4 is 5.32 Å². The van der Waals surface area contributed by atoms with E-state index >= 15 is 0 Å². The van der Waals surface area contributed by atoms with Gasteiger partial charge in [0.25, 0.3) is 11.6 Å². The Kier molecular flexibility index (Phi) is 4.01. The molecule has 0 aliphatic heterocycles. The fourth-order valence-corrected chi connectivity index (χ4v) is 1.20. The molecule has 0 saturated carbocycles. The molecule has 88 valence electrons. The van der Waals surface area contributed by atoms with E-state index < -0.39 is 4.92 Å². The Morgan fingerprint density at radius 3 is 2.88 bits per heavy atom. The van der Waals surface area contributed by atoms with E-state index in [9.17, 15) is 14.9 Å². The van der Waals surface area contributed by atoms with Crippen LogP contribution in [0, 0.1) is 10.1 Å². The van der Waals surface area contributed by atoms with Gasteiger partial charge in [-0.1, -0.05) is 0 Å². The normalized spacial score (nSPS) is 10.1. The highest BCUT2D eigenvalue weighted by Gasteiger charge is 2.17. The number of carbonyl (C=O) groups is 1. The van der Waals surface area contributed by atoms with Crippen LogP contribution in [0.5, 0.6) is 0 Å². The summed E-state index contributed by atoms with van der Waals surface area (Å²) in [6, 6.07) is 1.23. The number of aromatic amines is 1. The summed E-state index contributed by atoms with van der Waals surface area (Å²) in [4.78, 5) is 25.7. The molecule has 0 aliphatic carbocycles. The third kappa shape index (κ3) is 2.80. The third-order valence-electron chi connectivity index (χ3n) is 2.15. The Hall–Kier alpha value is -1.89. The summed E-state index contributed by atoms with van der Waals surface area (Å²) in [5.74, 6) is -0.261. The average molecular weight is 226 g/mol. The van der Waals surface area contributed by atoms with Crippen molar-refractivity contribution < 1.29 is 9.72 Å². The van der Waals surface area contributed by atoms with Crippen LogP contribution in [-0.4, -0.2) is 47.9 Å². The van der Waals surface area contributed by atoms with Crippen molar-refractivity contribution in [1.29, 1.82) is 0 Å². The summed E-state index contributed by atoms with van der Waals surface area (Å²) in [5, 5.41) is 13.3.